The van der Waals surface area contributed by atoms with Crippen LogP contribution in [0.4, 0.5) is 0 Å². The van der Waals surface area contributed by atoms with E-state index in [1.165, 1.54) is 19.3 Å². The SMILES string of the molecule is CCCC[C@@H](C)[C@@H](C)C(CC)N=[N+]=[N-]. The highest BCUT2D eigenvalue weighted by molar-refractivity contribution is 4.76. The molecule has 3 nitrogen and oxygen atoms in total. The van der Waals surface area contributed by atoms with Crippen molar-refractivity contribution >= 4 is 0 Å². The van der Waals surface area contributed by atoms with E-state index in [2.05, 4.69) is 37.7 Å². The molecule has 0 aromatic rings. The summed E-state index contributed by atoms with van der Waals surface area (Å²) in [6.45, 7) is 8.75. The molecule has 3 heteroatoms. The van der Waals surface area contributed by atoms with Crippen LogP contribution in [0.1, 0.15) is 53.4 Å². The molecule has 0 aromatic heterocycles. The number of hydrogen-bond donors (Lipinski definition) is 0. The fourth-order valence-corrected chi connectivity index (χ4v) is 1.79. The van der Waals surface area contributed by atoms with Crippen molar-refractivity contribution in [2.24, 2.45) is 17.0 Å². The molecule has 0 aliphatic carbocycles. The first-order valence-corrected chi connectivity index (χ1v) is 5.71. The first kappa shape index (κ1) is 13.3. The highest BCUT2D eigenvalue weighted by Gasteiger charge is 2.19. The monoisotopic (exact) mass is 197 g/mol. The summed E-state index contributed by atoms with van der Waals surface area (Å²) in [4.78, 5) is 2.92. The summed E-state index contributed by atoms with van der Waals surface area (Å²) in [5, 5.41) is 3.85. The maximum atomic E-state index is 8.43. The van der Waals surface area contributed by atoms with Crippen LogP contribution >= 0.6 is 0 Å². The molecule has 0 spiro atoms. The van der Waals surface area contributed by atoms with Crippen LogP contribution in [0.2, 0.25) is 0 Å². The third-order valence-electron chi connectivity index (χ3n) is 3.14. The van der Waals surface area contributed by atoms with Crippen LogP contribution in [-0.4, -0.2) is 6.04 Å². The molecule has 0 aliphatic rings. The summed E-state index contributed by atoms with van der Waals surface area (Å²) in [6, 6.07) is 0.173. The van der Waals surface area contributed by atoms with Gasteiger partial charge in [-0.3, -0.25) is 0 Å². The first-order valence-electron chi connectivity index (χ1n) is 5.71. The average molecular weight is 197 g/mol. The molecule has 0 saturated heterocycles. The topological polar surface area (TPSA) is 48.8 Å². The van der Waals surface area contributed by atoms with E-state index in [0.717, 1.165) is 6.42 Å². The van der Waals surface area contributed by atoms with Crippen LogP contribution < -0.4 is 0 Å². The van der Waals surface area contributed by atoms with E-state index in [1.54, 1.807) is 0 Å². The molecule has 0 saturated carbocycles. The van der Waals surface area contributed by atoms with Gasteiger partial charge < -0.3 is 0 Å². The predicted octanol–water partition coefficient (Wildman–Crippen LogP) is 4.54. The van der Waals surface area contributed by atoms with Gasteiger partial charge in [-0.1, -0.05) is 52.1 Å². The van der Waals surface area contributed by atoms with Gasteiger partial charge in [-0.15, -0.1) is 0 Å². The van der Waals surface area contributed by atoms with Crippen molar-refractivity contribution in [3.8, 4) is 0 Å². The highest BCUT2D eigenvalue weighted by Crippen LogP contribution is 2.24. The Bertz CT molecular complexity index is 185. The second kappa shape index (κ2) is 7.69. The number of nitrogens with zero attached hydrogens (tertiary/aromatic N) is 3. The average Bonchev–Trinajstić information content (AvgIpc) is 2.21. The van der Waals surface area contributed by atoms with Crippen molar-refractivity contribution in [3.05, 3.63) is 10.4 Å². The Kier molecular flexibility index (Phi) is 7.31. The van der Waals surface area contributed by atoms with Gasteiger partial charge in [0.15, 0.2) is 0 Å². The van der Waals surface area contributed by atoms with Gasteiger partial charge in [-0.25, -0.2) is 0 Å². The van der Waals surface area contributed by atoms with Gasteiger partial charge in [0.1, 0.15) is 0 Å². The lowest BCUT2D eigenvalue weighted by Crippen LogP contribution is -2.21. The fraction of sp³-hybridized carbons (Fsp3) is 1.00. The summed E-state index contributed by atoms with van der Waals surface area (Å²) in [7, 11) is 0. The molecule has 0 amide bonds. The molecule has 1 unspecified atom stereocenters. The summed E-state index contributed by atoms with van der Waals surface area (Å²) in [6.07, 6.45) is 4.71. The molecule has 14 heavy (non-hydrogen) atoms. The molecule has 0 N–H and O–H groups in total. The van der Waals surface area contributed by atoms with Gasteiger partial charge in [0.2, 0.25) is 0 Å². The van der Waals surface area contributed by atoms with E-state index in [4.69, 9.17) is 5.53 Å². The Morgan fingerprint density at radius 3 is 2.36 bits per heavy atom. The smallest absolute Gasteiger partial charge is 0.0399 e. The molecular weight excluding hydrogens is 174 g/mol. The van der Waals surface area contributed by atoms with Gasteiger partial charge in [0.25, 0.3) is 0 Å². The fourth-order valence-electron chi connectivity index (χ4n) is 1.79. The Morgan fingerprint density at radius 2 is 1.93 bits per heavy atom. The lowest BCUT2D eigenvalue weighted by molar-refractivity contribution is 0.297. The number of rotatable bonds is 7. The second-order valence-corrected chi connectivity index (χ2v) is 4.16. The third kappa shape index (κ3) is 4.52. The van der Waals surface area contributed by atoms with Crippen LogP contribution in [-0.2, 0) is 0 Å². The van der Waals surface area contributed by atoms with Crippen LogP contribution in [0.5, 0.6) is 0 Å². The Balaban J connectivity index is 4.11. The lowest BCUT2D eigenvalue weighted by Gasteiger charge is -2.24. The van der Waals surface area contributed by atoms with E-state index >= 15 is 0 Å². The molecular formula is C11H23N3. The van der Waals surface area contributed by atoms with Gasteiger partial charge in [0, 0.05) is 11.0 Å². The van der Waals surface area contributed by atoms with E-state index in [1.807, 2.05) is 0 Å². The van der Waals surface area contributed by atoms with Crippen molar-refractivity contribution in [2.75, 3.05) is 0 Å². The maximum absolute atomic E-state index is 8.43. The molecule has 0 rings (SSSR count). The van der Waals surface area contributed by atoms with Crippen molar-refractivity contribution in [1.82, 2.24) is 0 Å². The van der Waals surface area contributed by atoms with Crippen molar-refractivity contribution in [1.29, 1.82) is 0 Å². The molecule has 0 fully saturated rings. The Morgan fingerprint density at radius 1 is 1.29 bits per heavy atom. The largest absolute Gasteiger partial charge is 0.0903 e. The standard InChI is InChI=1S/C11H23N3/c1-5-7-8-9(3)10(4)11(6-2)13-14-12/h9-11H,5-8H2,1-4H3/t9-,10-,11?/m1/s1. The number of hydrogen-bond acceptors (Lipinski definition) is 1. The molecule has 0 heterocycles. The van der Waals surface area contributed by atoms with Crippen LogP contribution in [0.3, 0.4) is 0 Å². The molecule has 82 valence electrons. The van der Waals surface area contributed by atoms with E-state index in [0.29, 0.717) is 11.8 Å². The summed E-state index contributed by atoms with van der Waals surface area (Å²) in [5.41, 5.74) is 8.43. The minimum absolute atomic E-state index is 0.173. The number of azide groups is 1. The normalized spacial score (nSPS) is 16.9. The van der Waals surface area contributed by atoms with Gasteiger partial charge in [-0.05, 0) is 23.8 Å². The van der Waals surface area contributed by atoms with Crippen LogP contribution in [0, 0.1) is 11.8 Å². The highest BCUT2D eigenvalue weighted by atomic mass is 15.1. The molecule has 0 aromatic carbocycles. The Labute approximate surface area is 87.5 Å². The minimum Gasteiger partial charge on any atom is -0.0903 e. The first-order chi connectivity index (χ1) is 6.67. The summed E-state index contributed by atoms with van der Waals surface area (Å²) < 4.78 is 0. The van der Waals surface area contributed by atoms with Gasteiger partial charge in [0.05, 0.1) is 0 Å². The van der Waals surface area contributed by atoms with Crippen molar-refractivity contribution in [2.45, 2.75) is 59.4 Å². The lowest BCUT2D eigenvalue weighted by atomic mass is 9.85. The quantitative estimate of drug-likeness (QED) is 0.327. The van der Waals surface area contributed by atoms with Gasteiger partial charge >= 0.3 is 0 Å². The van der Waals surface area contributed by atoms with Crippen molar-refractivity contribution in [3.63, 3.8) is 0 Å². The maximum Gasteiger partial charge on any atom is 0.0399 e. The predicted molar refractivity (Wildman–Crippen MR) is 61.1 cm³/mol. The zero-order valence-corrected chi connectivity index (χ0v) is 9.90. The van der Waals surface area contributed by atoms with Crippen LogP contribution in [0.15, 0.2) is 5.11 Å². The molecule has 3 atom stereocenters. The van der Waals surface area contributed by atoms with Crippen molar-refractivity contribution < 1.29 is 0 Å². The van der Waals surface area contributed by atoms with Crippen LogP contribution in [0.25, 0.3) is 10.4 Å². The Hall–Kier alpha value is -0.690. The summed E-state index contributed by atoms with van der Waals surface area (Å²) >= 11 is 0. The van der Waals surface area contributed by atoms with E-state index in [9.17, 15) is 0 Å². The molecule has 0 aliphatic heterocycles. The van der Waals surface area contributed by atoms with Gasteiger partial charge in [-0.2, -0.15) is 0 Å². The second-order valence-electron chi connectivity index (χ2n) is 4.16. The molecule has 0 bridgehead atoms. The third-order valence-corrected chi connectivity index (χ3v) is 3.14. The molecule has 0 radical (unpaired) electrons. The van der Waals surface area contributed by atoms with E-state index in [-0.39, 0.29) is 6.04 Å². The van der Waals surface area contributed by atoms with E-state index < -0.39 is 0 Å². The number of unbranched alkanes of at least 4 members (excludes halogenated alkanes) is 1. The minimum atomic E-state index is 0.173. The zero-order chi connectivity index (χ0) is 11.0. The zero-order valence-electron chi connectivity index (χ0n) is 9.90. The summed E-state index contributed by atoms with van der Waals surface area (Å²) in [5.74, 6) is 1.16.